The Bertz CT molecular complexity index is 1590. The van der Waals surface area contributed by atoms with Crippen LogP contribution in [0.25, 0.3) is 22.0 Å². The number of aromatic nitrogens is 2. The number of aliphatic hydroxyl groups is 2. The fraction of sp³-hybridized carbons (Fsp3) is 0.444. The number of methoxy groups -OCH3 is 1. The minimum absolute atomic E-state index is 0.0594. The first-order chi connectivity index (χ1) is 22.3. The number of ether oxygens (including phenoxy) is 1. The van der Waals surface area contributed by atoms with Crippen LogP contribution in [0.2, 0.25) is 0 Å². The van der Waals surface area contributed by atoms with Gasteiger partial charge in [0.25, 0.3) is 0 Å². The van der Waals surface area contributed by atoms with Crippen LogP contribution in [0.15, 0.2) is 60.8 Å². The molecule has 2 aromatic carbocycles. The third-order valence-corrected chi connectivity index (χ3v) is 9.00. The van der Waals surface area contributed by atoms with Crippen molar-refractivity contribution in [1.29, 1.82) is 0 Å². The number of para-hydroxylation sites is 1. The lowest BCUT2D eigenvalue weighted by molar-refractivity contribution is -0.132. The third kappa shape index (κ3) is 7.75. The summed E-state index contributed by atoms with van der Waals surface area (Å²) in [5.74, 6) is 0.549. The van der Waals surface area contributed by atoms with Crippen LogP contribution in [0, 0.1) is 12.7 Å². The monoisotopic (exact) mass is 631 g/mol. The number of fused-ring (bicyclic) bond motifs is 1. The number of aliphatic hydroxyl groups excluding tert-OH is 2. The van der Waals surface area contributed by atoms with Crippen LogP contribution in [-0.4, -0.2) is 82.7 Å². The van der Waals surface area contributed by atoms with Gasteiger partial charge in [0.1, 0.15) is 11.6 Å². The summed E-state index contributed by atoms with van der Waals surface area (Å²) in [4.78, 5) is 19.8. The number of pyridine rings is 1. The normalized spacial score (nSPS) is 15.9. The molecule has 1 amide bonds. The molecule has 2 atom stereocenters. The van der Waals surface area contributed by atoms with E-state index in [1.54, 1.807) is 19.4 Å². The van der Waals surface area contributed by atoms with E-state index in [1.165, 1.54) is 6.07 Å². The average Bonchev–Trinajstić information content (AvgIpc) is 3.36. The number of amides is 1. The fourth-order valence-electron chi connectivity index (χ4n) is 6.68. The average molecular weight is 632 g/mol. The lowest BCUT2D eigenvalue weighted by Gasteiger charge is -2.34. The van der Waals surface area contributed by atoms with E-state index in [-0.39, 0.29) is 43.3 Å². The highest BCUT2D eigenvalue weighted by molar-refractivity contribution is 5.86. The van der Waals surface area contributed by atoms with Crippen molar-refractivity contribution in [2.24, 2.45) is 5.73 Å². The van der Waals surface area contributed by atoms with Gasteiger partial charge in [0.2, 0.25) is 5.91 Å². The summed E-state index contributed by atoms with van der Waals surface area (Å²) in [6.45, 7) is 4.28. The first-order valence-corrected chi connectivity index (χ1v) is 16.2. The van der Waals surface area contributed by atoms with Gasteiger partial charge in [-0.1, -0.05) is 36.4 Å². The van der Waals surface area contributed by atoms with Gasteiger partial charge < -0.3 is 35.5 Å². The molecule has 1 unspecified atom stereocenters. The van der Waals surface area contributed by atoms with Crippen LogP contribution in [0.4, 0.5) is 10.2 Å². The molecule has 4 aromatic rings. The molecule has 246 valence electrons. The second kappa shape index (κ2) is 15.6. The number of hydrogen-bond donors (Lipinski definition) is 4. The molecule has 3 heterocycles. The first kappa shape index (κ1) is 33.5. The summed E-state index contributed by atoms with van der Waals surface area (Å²) in [7, 11) is 1.68. The van der Waals surface area contributed by atoms with Crippen molar-refractivity contribution in [1.82, 2.24) is 14.5 Å². The van der Waals surface area contributed by atoms with Gasteiger partial charge in [0.15, 0.2) is 0 Å². The molecule has 0 aliphatic carbocycles. The summed E-state index contributed by atoms with van der Waals surface area (Å²) in [6.07, 6.45) is 5.22. The maximum atomic E-state index is 15.1. The van der Waals surface area contributed by atoms with Gasteiger partial charge in [-0.05, 0) is 67.5 Å². The summed E-state index contributed by atoms with van der Waals surface area (Å²) < 4.78 is 22.5. The molecule has 0 bridgehead atoms. The zero-order valence-electron chi connectivity index (χ0n) is 26.8. The van der Waals surface area contributed by atoms with Crippen LogP contribution >= 0.6 is 0 Å². The third-order valence-electron chi connectivity index (χ3n) is 9.00. The Morgan fingerprint density at radius 2 is 1.89 bits per heavy atom. The predicted molar refractivity (Wildman–Crippen MR) is 179 cm³/mol. The van der Waals surface area contributed by atoms with E-state index >= 15 is 4.39 Å². The number of hydrogen-bond acceptors (Lipinski definition) is 7. The van der Waals surface area contributed by atoms with E-state index in [0.29, 0.717) is 44.0 Å². The number of carbonyl (C=O) groups is 1. The van der Waals surface area contributed by atoms with Crippen molar-refractivity contribution >= 4 is 22.6 Å². The maximum Gasteiger partial charge on any atom is 0.224 e. The predicted octanol–water partition coefficient (Wildman–Crippen LogP) is 4.62. The molecule has 0 spiro atoms. The largest absolute Gasteiger partial charge is 0.394 e. The van der Waals surface area contributed by atoms with Gasteiger partial charge in [-0.25, -0.2) is 9.37 Å². The standard InChI is InChI=1S/C36H46FN5O4/c1-24-31-7-3-8-32(37)36(31)42(16-5-17-46-2)35(24)28-6-4-15-41(21-28)34(45)19-29(38)18-25-9-11-26(12-10-25)27-13-14-33(39-20-27)40-30(22-43)23-44/h3,7-14,20,28-30,43-44H,4-6,15-19,21-23,38H2,1-2H3,(H,39,40)/t28?,29-/m1/s1. The highest BCUT2D eigenvalue weighted by atomic mass is 19.1. The van der Waals surface area contributed by atoms with Crippen LogP contribution in [0.3, 0.4) is 0 Å². The number of carbonyl (C=O) groups excluding carboxylic acids is 1. The number of rotatable bonds is 14. The molecule has 2 aromatic heterocycles. The summed E-state index contributed by atoms with van der Waals surface area (Å²) >= 11 is 0. The molecule has 46 heavy (non-hydrogen) atoms. The van der Waals surface area contributed by atoms with Gasteiger partial charge in [0.05, 0.1) is 24.8 Å². The topological polar surface area (TPSA) is 126 Å². The second-order valence-corrected chi connectivity index (χ2v) is 12.3. The van der Waals surface area contributed by atoms with Gasteiger partial charge in [-0.3, -0.25) is 4.79 Å². The molecule has 5 rings (SSSR count). The second-order valence-electron chi connectivity index (χ2n) is 12.3. The number of benzene rings is 2. The zero-order valence-corrected chi connectivity index (χ0v) is 26.8. The summed E-state index contributed by atoms with van der Waals surface area (Å²) in [6, 6.07) is 16.3. The highest BCUT2D eigenvalue weighted by Gasteiger charge is 2.30. The number of nitrogens with one attached hydrogen (secondary N) is 1. The van der Waals surface area contributed by atoms with Gasteiger partial charge >= 0.3 is 0 Å². The Hall–Kier alpha value is -3.83. The first-order valence-electron chi connectivity index (χ1n) is 16.2. The number of likely N-dealkylation sites (tertiary alicyclic amines) is 1. The van der Waals surface area contributed by atoms with Crippen LogP contribution in [-0.2, 0) is 22.5 Å². The van der Waals surface area contributed by atoms with Crippen LogP contribution < -0.4 is 11.1 Å². The van der Waals surface area contributed by atoms with Gasteiger partial charge in [-0.2, -0.15) is 0 Å². The zero-order chi connectivity index (χ0) is 32.6. The lowest BCUT2D eigenvalue weighted by Crippen LogP contribution is -2.42. The number of anilines is 1. The van der Waals surface area contributed by atoms with Crippen molar-refractivity contribution in [3.8, 4) is 11.1 Å². The van der Waals surface area contributed by atoms with Crippen molar-refractivity contribution < 1.29 is 24.1 Å². The molecule has 9 nitrogen and oxygen atoms in total. The van der Waals surface area contributed by atoms with Crippen molar-refractivity contribution in [2.75, 3.05) is 45.3 Å². The molecule has 0 saturated carbocycles. The molecular formula is C36H46FN5O4. The Morgan fingerprint density at radius 1 is 1.13 bits per heavy atom. The van der Waals surface area contributed by atoms with Crippen molar-refractivity contribution in [3.63, 3.8) is 0 Å². The van der Waals surface area contributed by atoms with Crippen molar-refractivity contribution in [2.45, 2.75) is 63.6 Å². The molecular weight excluding hydrogens is 585 g/mol. The Morgan fingerprint density at radius 3 is 2.59 bits per heavy atom. The van der Waals surface area contributed by atoms with E-state index in [2.05, 4.69) is 21.8 Å². The van der Waals surface area contributed by atoms with Crippen LogP contribution in [0.5, 0.6) is 0 Å². The number of halogens is 1. The fourth-order valence-corrected chi connectivity index (χ4v) is 6.68. The molecule has 1 saturated heterocycles. The molecule has 5 N–H and O–H groups in total. The number of nitrogens with zero attached hydrogens (tertiary/aromatic N) is 3. The quantitative estimate of drug-likeness (QED) is 0.150. The Kier molecular flexibility index (Phi) is 11.4. The molecule has 0 radical (unpaired) electrons. The molecule has 1 aliphatic heterocycles. The number of piperidine rings is 1. The Balaban J connectivity index is 1.20. The minimum atomic E-state index is -0.454. The smallest absolute Gasteiger partial charge is 0.224 e. The number of aryl methyl sites for hydroxylation is 2. The molecule has 1 fully saturated rings. The van der Waals surface area contributed by atoms with Crippen molar-refractivity contribution in [3.05, 3.63) is 83.4 Å². The summed E-state index contributed by atoms with van der Waals surface area (Å²) in [5.41, 5.74) is 12.4. The van der Waals surface area contributed by atoms with E-state index in [9.17, 15) is 15.0 Å². The highest BCUT2D eigenvalue weighted by Crippen LogP contribution is 2.37. The Labute approximate surface area is 270 Å². The van der Waals surface area contributed by atoms with E-state index < -0.39 is 6.04 Å². The minimum Gasteiger partial charge on any atom is -0.394 e. The van der Waals surface area contributed by atoms with Gasteiger partial charge in [0, 0.05) is 74.6 Å². The summed E-state index contributed by atoms with van der Waals surface area (Å²) in [5, 5.41) is 22.4. The number of nitrogens with two attached hydrogens (primary N) is 1. The van der Waals surface area contributed by atoms with Gasteiger partial charge in [-0.15, -0.1) is 0 Å². The molecule has 10 heteroatoms. The van der Waals surface area contributed by atoms with E-state index in [1.807, 2.05) is 47.4 Å². The molecule has 1 aliphatic rings. The maximum absolute atomic E-state index is 15.1. The SMILES string of the molecule is COCCCn1c(C2CCCN(C(=O)C[C@H](N)Cc3ccc(-c4ccc(NC(CO)CO)nc4)cc3)C2)c(C)c2cccc(F)c21. The van der Waals surface area contributed by atoms with E-state index in [4.69, 9.17) is 10.5 Å². The van der Waals surface area contributed by atoms with E-state index in [0.717, 1.165) is 52.6 Å². The van der Waals surface area contributed by atoms with Crippen LogP contribution in [0.1, 0.15) is 48.4 Å². The lowest BCUT2D eigenvalue weighted by atomic mass is 9.91.